The van der Waals surface area contributed by atoms with Crippen molar-refractivity contribution in [2.45, 2.75) is 24.8 Å². The van der Waals surface area contributed by atoms with E-state index in [2.05, 4.69) is 0 Å². The molecular formula is C9H15NO5STi. The number of aliphatic hydroxyl groups is 1. The molecule has 4 N–H and O–H groups in total. The summed E-state index contributed by atoms with van der Waals surface area (Å²) in [5.74, 6) is 0. The third kappa shape index (κ3) is 10.3. The first-order chi connectivity index (χ1) is 7.75. The first-order valence-corrected chi connectivity index (χ1v) is 6.53. The Morgan fingerprint density at radius 3 is 1.82 bits per heavy atom. The van der Waals surface area contributed by atoms with Crippen molar-refractivity contribution >= 4 is 15.8 Å². The second-order valence-electron chi connectivity index (χ2n) is 3.11. The van der Waals surface area contributed by atoms with Gasteiger partial charge in [0.05, 0.1) is 5.69 Å². The summed E-state index contributed by atoms with van der Waals surface area (Å²) >= 11 is 0.750. The van der Waals surface area contributed by atoms with Gasteiger partial charge in [0.15, 0.2) is 0 Å². The van der Waals surface area contributed by atoms with Crippen LogP contribution >= 0.6 is 0 Å². The van der Waals surface area contributed by atoms with E-state index in [1.165, 1.54) is 18.2 Å². The zero-order valence-electron chi connectivity index (χ0n) is 9.49. The average Bonchev–Trinajstić information content (AvgIpc) is 2.19. The summed E-state index contributed by atoms with van der Waals surface area (Å²) < 4.78 is 37.9. The Bertz CT molecular complexity index is 418. The van der Waals surface area contributed by atoms with Crippen molar-refractivity contribution in [2.75, 3.05) is 5.73 Å². The van der Waals surface area contributed by atoms with Crippen LogP contribution in [0, 0.1) is 0 Å². The van der Waals surface area contributed by atoms with Crippen molar-refractivity contribution in [1.82, 2.24) is 0 Å². The zero-order chi connectivity index (χ0) is 14.1. The van der Waals surface area contributed by atoms with E-state index < -0.39 is 10.1 Å². The molecule has 0 atom stereocenters. The molecule has 0 aliphatic rings. The van der Waals surface area contributed by atoms with E-state index in [-0.39, 0.29) is 16.7 Å². The van der Waals surface area contributed by atoms with Crippen LogP contribution in [-0.4, -0.2) is 24.2 Å². The summed E-state index contributed by atoms with van der Waals surface area (Å²) in [6.45, 7) is 3.44. The number of anilines is 1. The number of hydrogen-bond donors (Lipinski definition) is 3. The van der Waals surface area contributed by atoms with Crippen LogP contribution in [0.5, 0.6) is 0 Å². The Kier molecular flexibility index (Phi) is 10.4. The Labute approximate surface area is 112 Å². The quantitative estimate of drug-likeness (QED) is 0.400. The fourth-order valence-corrected chi connectivity index (χ4v) is 1.33. The normalized spacial score (nSPS) is 9.65. The SMILES string of the molecule is CC(C)O.Nc1ccccc1S(=O)(=O)O.[O]=[Ti]. The molecule has 0 bridgehead atoms. The molecule has 6 nitrogen and oxygen atoms in total. The first-order valence-electron chi connectivity index (χ1n) is 4.45. The molecule has 0 saturated carbocycles. The molecule has 1 aromatic rings. The fraction of sp³-hybridized carbons (Fsp3) is 0.333. The minimum atomic E-state index is -4.16. The number of nitrogens with two attached hydrogens (primary N) is 1. The van der Waals surface area contributed by atoms with Crippen molar-refractivity contribution in [3.05, 3.63) is 24.3 Å². The van der Waals surface area contributed by atoms with Gasteiger partial charge in [-0.15, -0.1) is 0 Å². The van der Waals surface area contributed by atoms with E-state index in [1.54, 1.807) is 19.9 Å². The molecule has 0 radical (unpaired) electrons. The average molecular weight is 297 g/mol. The summed E-state index contributed by atoms with van der Waals surface area (Å²) in [6.07, 6.45) is -0.167. The van der Waals surface area contributed by atoms with Gasteiger partial charge in [0.1, 0.15) is 4.90 Å². The summed E-state index contributed by atoms with van der Waals surface area (Å²) in [7, 11) is -4.16. The molecule has 17 heavy (non-hydrogen) atoms. The number of nitrogen functional groups attached to an aromatic ring is 1. The Morgan fingerprint density at radius 2 is 1.59 bits per heavy atom. The van der Waals surface area contributed by atoms with E-state index in [4.69, 9.17) is 18.7 Å². The van der Waals surface area contributed by atoms with Gasteiger partial charge in [0.25, 0.3) is 10.1 Å². The monoisotopic (exact) mass is 297 g/mol. The van der Waals surface area contributed by atoms with Gasteiger partial charge in [0, 0.05) is 6.10 Å². The second-order valence-corrected chi connectivity index (χ2v) is 4.50. The third-order valence-corrected chi connectivity index (χ3v) is 2.12. The van der Waals surface area contributed by atoms with E-state index in [0.717, 1.165) is 20.4 Å². The number of aliphatic hydroxyl groups excluding tert-OH is 1. The van der Waals surface area contributed by atoms with Crippen LogP contribution in [-0.2, 0) is 33.8 Å². The molecule has 0 fully saturated rings. The van der Waals surface area contributed by atoms with Gasteiger partial charge in [-0.2, -0.15) is 8.42 Å². The van der Waals surface area contributed by atoms with Crippen molar-refractivity contribution in [3.8, 4) is 0 Å². The summed E-state index contributed by atoms with van der Waals surface area (Å²) in [4.78, 5) is -0.250. The molecule has 0 aromatic heterocycles. The maximum atomic E-state index is 10.5. The van der Waals surface area contributed by atoms with Gasteiger partial charge in [0.2, 0.25) is 0 Å². The molecule has 0 spiro atoms. The van der Waals surface area contributed by atoms with Crippen molar-refractivity contribution in [1.29, 1.82) is 0 Å². The Morgan fingerprint density at radius 1 is 1.24 bits per heavy atom. The maximum absolute atomic E-state index is 10.5. The Hall–Kier alpha value is -0.596. The molecule has 0 amide bonds. The molecule has 1 aromatic carbocycles. The predicted molar refractivity (Wildman–Crippen MR) is 58.7 cm³/mol. The summed E-state index contributed by atoms with van der Waals surface area (Å²) in [5.41, 5.74) is 5.32. The molecule has 96 valence electrons. The number of rotatable bonds is 1. The van der Waals surface area contributed by atoms with Crippen LogP contribution in [0.2, 0.25) is 0 Å². The van der Waals surface area contributed by atoms with Crippen LogP contribution in [0.4, 0.5) is 5.69 Å². The van der Waals surface area contributed by atoms with Crippen LogP contribution in [0.3, 0.4) is 0 Å². The minimum absolute atomic E-state index is 0.0509. The van der Waals surface area contributed by atoms with E-state index in [0.29, 0.717) is 0 Å². The van der Waals surface area contributed by atoms with Gasteiger partial charge < -0.3 is 10.8 Å². The zero-order valence-corrected chi connectivity index (χ0v) is 11.9. The van der Waals surface area contributed by atoms with Gasteiger partial charge in [-0.3, -0.25) is 4.55 Å². The fourth-order valence-electron chi connectivity index (χ4n) is 0.715. The molecule has 0 aliphatic carbocycles. The van der Waals surface area contributed by atoms with E-state index >= 15 is 0 Å². The molecule has 8 heteroatoms. The summed E-state index contributed by atoms with van der Waals surface area (Å²) in [6, 6.07) is 5.72. The Balaban J connectivity index is 0. The standard InChI is InChI=1S/C6H7NO3S.C3H8O.O.Ti/c7-5-3-1-2-4-6(5)11(8,9)10;1-3(2)4;;/h1-4H,7H2,(H,8,9,10);3-4H,1-2H3;;. The van der Waals surface area contributed by atoms with E-state index in [9.17, 15) is 8.42 Å². The van der Waals surface area contributed by atoms with Gasteiger partial charge >= 0.3 is 23.7 Å². The predicted octanol–water partition coefficient (Wildman–Crippen LogP) is 0.781. The molecule has 0 heterocycles. The van der Waals surface area contributed by atoms with Gasteiger partial charge in [-0.25, -0.2) is 0 Å². The van der Waals surface area contributed by atoms with Crippen molar-refractivity contribution in [3.63, 3.8) is 0 Å². The van der Waals surface area contributed by atoms with Crippen LogP contribution < -0.4 is 5.73 Å². The molecule has 0 aliphatic heterocycles. The van der Waals surface area contributed by atoms with Gasteiger partial charge in [-0.1, -0.05) is 12.1 Å². The number of hydrogen-bond acceptors (Lipinski definition) is 5. The summed E-state index contributed by atoms with van der Waals surface area (Å²) in [5, 5.41) is 8.06. The topological polar surface area (TPSA) is 118 Å². The third-order valence-electron chi connectivity index (χ3n) is 1.20. The van der Waals surface area contributed by atoms with E-state index in [1.807, 2.05) is 0 Å². The van der Waals surface area contributed by atoms with Crippen molar-refractivity contribution in [2.24, 2.45) is 0 Å². The molecular weight excluding hydrogens is 282 g/mol. The first kappa shape index (κ1) is 18.8. The van der Waals surface area contributed by atoms with Crippen LogP contribution in [0.1, 0.15) is 13.8 Å². The second kappa shape index (κ2) is 9.44. The number of para-hydroxylation sites is 1. The van der Waals surface area contributed by atoms with Crippen molar-refractivity contribution < 1.29 is 41.8 Å². The molecule has 0 saturated heterocycles. The van der Waals surface area contributed by atoms with Crippen LogP contribution in [0.25, 0.3) is 0 Å². The molecule has 0 unspecified atom stereocenters. The number of benzene rings is 1. The van der Waals surface area contributed by atoms with Crippen LogP contribution in [0.15, 0.2) is 29.2 Å². The molecule has 1 rings (SSSR count). The van der Waals surface area contributed by atoms with Gasteiger partial charge in [-0.05, 0) is 26.0 Å².